The van der Waals surface area contributed by atoms with E-state index in [1.807, 2.05) is 31.2 Å². The molecule has 1 aromatic carbocycles. The standard InChI is InChI=1S/C15H17N3O2S/c1-2-16-15-8-7-13(11-17-15)21(19,20)18-10-9-12-5-3-4-6-14(12)18/h3-8,11H,2,9-10H2,1H3,(H,16,17). The first-order chi connectivity index (χ1) is 10.1. The lowest BCUT2D eigenvalue weighted by molar-refractivity contribution is 0.592. The van der Waals surface area contributed by atoms with Crippen LogP contribution in [0.5, 0.6) is 0 Å². The van der Waals surface area contributed by atoms with Crippen LogP contribution in [0, 0.1) is 0 Å². The Kier molecular flexibility index (Phi) is 3.55. The summed E-state index contributed by atoms with van der Waals surface area (Å²) in [6.07, 6.45) is 2.16. The van der Waals surface area contributed by atoms with Gasteiger partial charge in [0.25, 0.3) is 10.0 Å². The molecule has 0 bridgehead atoms. The van der Waals surface area contributed by atoms with Crippen molar-refractivity contribution < 1.29 is 8.42 Å². The molecular weight excluding hydrogens is 286 g/mol. The van der Waals surface area contributed by atoms with E-state index >= 15 is 0 Å². The number of para-hydroxylation sites is 1. The van der Waals surface area contributed by atoms with Crippen molar-refractivity contribution in [3.63, 3.8) is 0 Å². The molecule has 1 aliphatic rings. The zero-order valence-electron chi connectivity index (χ0n) is 11.8. The largest absolute Gasteiger partial charge is 0.370 e. The van der Waals surface area contributed by atoms with Crippen molar-refractivity contribution >= 4 is 21.5 Å². The van der Waals surface area contributed by atoms with Crippen LogP contribution in [0.15, 0.2) is 47.5 Å². The van der Waals surface area contributed by atoms with Crippen LogP contribution in [0.25, 0.3) is 0 Å². The van der Waals surface area contributed by atoms with Gasteiger partial charge in [-0.1, -0.05) is 18.2 Å². The summed E-state index contributed by atoms with van der Waals surface area (Å²) in [4.78, 5) is 4.37. The number of anilines is 2. The molecule has 0 amide bonds. The number of nitrogens with one attached hydrogen (secondary N) is 1. The average Bonchev–Trinajstić information content (AvgIpc) is 2.93. The highest BCUT2D eigenvalue weighted by molar-refractivity contribution is 7.92. The topological polar surface area (TPSA) is 62.3 Å². The van der Waals surface area contributed by atoms with Crippen LogP contribution >= 0.6 is 0 Å². The fourth-order valence-corrected chi connectivity index (χ4v) is 3.95. The van der Waals surface area contributed by atoms with Gasteiger partial charge in [-0.25, -0.2) is 13.4 Å². The summed E-state index contributed by atoms with van der Waals surface area (Å²) < 4.78 is 26.9. The molecule has 5 nitrogen and oxygen atoms in total. The van der Waals surface area contributed by atoms with Crippen LogP contribution in [-0.2, 0) is 16.4 Å². The van der Waals surface area contributed by atoms with E-state index in [0.29, 0.717) is 12.4 Å². The quantitative estimate of drug-likeness (QED) is 0.941. The summed E-state index contributed by atoms with van der Waals surface area (Å²) in [5.74, 6) is 0.679. The number of sulfonamides is 1. The molecule has 0 atom stereocenters. The van der Waals surface area contributed by atoms with E-state index < -0.39 is 10.0 Å². The summed E-state index contributed by atoms with van der Waals surface area (Å²) in [7, 11) is -3.54. The monoisotopic (exact) mass is 303 g/mol. The maximum atomic E-state index is 12.7. The Bertz CT molecular complexity index is 742. The van der Waals surface area contributed by atoms with E-state index in [0.717, 1.165) is 24.2 Å². The third-order valence-corrected chi connectivity index (χ3v) is 5.32. The molecule has 2 aromatic rings. The Labute approximate surface area is 124 Å². The molecule has 0 spiro atoms. The number of hydrogen-bond donors (Lipinski definition) is 1. The van der Waals surface area contributed by atoms with Crippen molar-refractivity contribution in [2.45, 2.75) is 18.2 Å². The number of nitrogens with zero attached hydrogens (tertiary/aromatic N) is 2. The molecule has 0 saturated heterocycles. The Hall–Kier alpha value is -2.08. The summed E-state index contributed by atoms with van der Waals surface area (Å²) >= 11 is 0. The highest BCUT2D eigenvalue weighted by atomic mass is 32.2. The maximum absolute atomic E-state index is 12.7. The van der Waals surface area contributed by atoms with E-state index in [9.17, 15) is 8.42 Å². The number of benzene rings is 1. The lowest BCUT2D eigenvalue weighted by Gasteiger charge is -2.19. The molecule has 0 fully saturated rings. The number of fused-ring (bicyclic) bond motifs is 1. The van der Waals surface area contributed by atoms with Crippen LogP contribution in [0.4, 0.5) is 11.5 Å². The van der Waals surface area contributed by atoms with E-state index in [2.05, 4.69) is 10.3 Å². The van der Waals surface area contributed by atoms with Crippen LogP contribution in [0.2, 0.25) is 0 Å². The number of aromatic nitrogens is 1. The van der Waals surface area contributed by atoms with Crippen LogP contribution in [0.3, 0.4) is 0 Å². The first-order valence-electron chi connectivity index (χ1n) is 6.93. The Morgan fingerprint density at radius 1 is 1.24 bits per heavy atom. The van der Waals surface area contributed by atoms with Gasteiger partial charge in [-0.15, -0.1) is 0 Å². The SMILES string of the molecule is CCNc1ccc(S(=O)(=O)N2CCc3ccccc32)cn1. The van der Waals surface area contributed by atoms with Gasteiger partial charge in [0.1, 0.15) is 10.7 Å². The van der Waals surface area contributed by atoms with Gasteiger partial charge in [0, 0.05) is 19.3 Å². The normalized spacial score (nSPS) is 14.0. The predicted molar refractivity (Wildman–Crippen MR) is 83.1 cm³/mol. The van der Waals surface area contributed by atoms with Gasteiger partial charge in [-0.05, 0) is 37.1 Å². The molecule has 21 heavy (non-hydrogen) atoms. The van der Waals surface area contributed by atoms with E-state index in [4.69, 9.17) is 0 Å². The van der Waals surface area contributed by atoms with E-state index in [-0.39, 0.29) is 4.90 Å². The zero-order valence-corrected chi connectivity index (χ0v) is 12.6. The Morgan fingerprint density at radius 3 is 2.76 bits per heavy atom. The molecule has 1 N–H and O–H groups in total. The van der Waals surface area contributed by atoms with E-state index in [1.165, 1.54) is 10.5 Å². The number of rotatable bonds is 4. The highest BCUT2D eigenvalue weighted by Gasteiger charge is 2.30. The maximum Gasteiger partial charge on any atom is 0.265 e. The van der Waals surface area contributed by atoms with Crippen molar-refractivity contribution in [3.05, 3.63) is 48.2 Å². The minimum atomic E-state index is -3.54. The van der Waals surface area contributed by atoms with Gasteiger partial charge in [0.15, 0.2) is 0 Å². The lowest BCUT2D eigenvalue weighted by atomic mass is 10.2. The van der Waals surface area contributed by atoms with Crippen molar-refractivity contribution in [1.29, 1.82) is 0 Å². The lowest BCUT2D eigenvalue weighted by Crippen LogP contribution is -2.29. The first kappa shape index (κ1) is 13.9. The molecule has 1 aliphatic heterocycles. The second-order valence-electron chi connectivity index (χ2n) is 4.87. The first-order valence-corrected chi connectivity index (χ1v) is 8.37. The second kappa shape index (κ2) is 5.37. The average molecular weight is 303 g/mol. The van der Waals surface area contributed by atoms with Gasteiger partial charge < -0.3 is 5.32 Å². The minimum Gasteiger partial charge on any atom is -0.370 e. The van der Waals surface area contributed by atoms with Crippen molar-refractivity contribution in [1.82, 2.24) is 4.98 Å². The van der Waals surface area contributed by atoms with Gasteiger partial charge in [0.05, 0.1) is 5.69 Å². The predicted octanol–water partition coefficient (Wildman–Crippen LogP) is 2.26. The molecule has 0 radical (unpaired) electrons. The van der Waals surface area contributed by atoms with E-state index in [1.54, 1.807) is 12.1 Å². The molecule has 2 heterocycles. The van der Waals surface area contributed by atoms with Crippen LogP contribution in [0.1, 0.15) is 12.5 Å². The molecular formula is C15H17N3O2S. The van der Waals surface area contributed by atoms with Gasteiger partial charge in [0.2, 0.25) is 0 Å². The zero-order chi connectivity index (χ0) is 14.9. The summed E-state index contributed by atoms with van der Waals surface area (Å²) in [5.41, 5.74) is 1.84. The minimum absolute atomic E-state index is 0.223. The van der Waals surface area contributed by atoms with Crippen molar-refractivity contribution in [2.24, 2.45) is 0 Å². The van der Waals surface area contributed by atoms with Gasteiger partial charge >= 0.3 is 0 Å². The number of pyridine rings is 1. The van der Waals surface area contributed by atoms with Crippen molar-refractivity contribution in [2.75, 3.05) is 22.7 Å². The Balaban J connectivity index is 1.94. The fraction of sp³-hybridized carbons (Fsp3) is 0.267. The van der Waals surface area contributed by atoms with Gasteiger partial charge in [-0.2, -0.15) is 0 Å². The molecule has 1 aromatic heterocycles. The fourth-order valence-electron chi connectivity index (χ4n) is 2.50. The molecule has 0 unspecified atom stereocenters. The summed E-state index contributed by atoms with van der Waals surface area (Å²) in [6, 6.07) is 10.9. The Morgan fingerprint density at radius 2 is 2.05 bits per heavy atom. The highest BCUT2D eigenvalue weighted by Crippen LogP contribution is 2.32. The molecule has 6 heteroatoms. The van der Waals surface area contributed by atoms with Crippen LogP contribution < -0.4 is 9.62 Å². The van der Waals surface area contributed by atoms with Gasteiger partial charge in [-0.3, -0.25) is 4.31 Å². The molecule has 3 rings (SSSR count). The smallest absolute Gasteiger partial charge is 0.265 e. The molecule has 0 saturated carbocycles. The molecule has 110 valence electrons. The molecule has 0 aliphatic carbocycles. The summed E-state index contributed by atoms with van der Waals surface area (Å²) in [6.45, 7) is 3.20. The van der Waals surface area contributed by atoms with Crippen LogP contribution in [-0.4, -0.2) is 26.5 Å². The third-order valence-electron chi connectivity index (χ3n) is 3.53. The summed E-state index contributed by atoms with van der Waals surface area (Å²) in [5, 5.41) is 3.05. The third kappa shape index (κ3) is 2.47. The number of hydrogen-bond acceptors (Lipinski definition) is 4. The van der Waals surface area contributed by atoms with Crippen molar-refractivity contribution in [3.8, 4) is 0 Å². The second-order valence-corrected chi connectivity index (χ2v) is 6.73.